The van der Waals surface area contributed by atoms with E-state index in [1.807, 2.05) is 12.3 Å². The van der Waals surface area contributed by atoms with Crippen LogP contribution < -0.4 is 0 Å². The zero-order chi connectivity index (χ0) is 11.3. The predicted octanol–water partition coefficient (Wildman–Crippen LogP) is 3.67. The van der Waals surface area contributed by atoms with Crippen LogP contribution in [0.2, 0.25) is 0 Å². The lowest BCUT2D eigenvalue weighted by molar-refractivity contribution is 0.771. The van der Waals surface area contributed by atoms with Crippen molar-refractivity contribution in [1.29, 1.82) is 0 Å². The van der Waals surface area contributed by atoms with Crippen molar-refractivity contribution >= 4 is 12.2 Å². The average Bonchev–Trinajstić information content (AvgIpc) is 2.25. The summed E-state index contributed by atoms with van der Waals surface area (Å²) in [5.41, 5.74) is 1.95. The van der Waals surface area contributed by atoms with Crippen molar-refractivity contribution in [3.8, 4) is 0 Å². The van der Waals surface area contributed by atoms with Gasteiger partial charge in [0.25, 0.3) is 0 Å². The quantitative estimate of drug-likeness (QED) is 0.744. The van der Waals surface area contributed by atoms with Crippen LogP contribution in [0.25, 0.3) is 12.2 Å². The molecule has 0 aliphatic rings. The van der Waals surface area contributed by atoms with Crippen molar-refractivity contribution in [3.05, 3.63) is 35.9 Å². The van der Waals surface area contributed by atoms with Gasteiger partial charge in [0.05, 0.1) is 5.69 Å². The summed E-state index contributed by atoms with van der Waals surface area (Å²) >= 11 is 0. The molecule has 0 N–H and O–H groups in total. The van der Waals surface area contributed by atoms with Crippen LogP contribution in [-0.4, -0.2) is 9.97 Å². The van der Waals surface area contributed by atoms with E-state index in [9.17, 15) is 0 Å². The van der Waals surface area contributed by atoms with E-state index < -0.39 is 0 Å². The Morgan fingerprint density at radius 1 is 1.47 bits per heavy atom. The van der Waals surface area contributed by atoms with Crippen molar-refractivity contribution in [2.24, 2.45) is 0 Å². The molecule has 0 aliphatic heterocycles. The number of hydrogen-bond donors (Lipinski definition) is 0. The van der Waals surface area contributed by atoms with Gasteiger partial charge in [-0.3, -0.25) is 0 Å². The Kier molecular flexibility index (Phi) is 4.22. The SMILES string of the molecule is C=Cc1cnc(C(C)C)nc1C=CCC. The lowest BCUT2D eigenvalue weighted by Crippen LogP contribution is -2.00. The summed E-state index contributed by atoms with van der Waals surface area (Å²) in [6.45, 7) is 10.1. The molecule has 0 bridgehead atoms. The third-order valence-electron chi connectivity index (χ3n) is 2.11. The predicted molar refractivity (Wildman–Crippen MR) is 65.5 cm³/mol. The monoisotopic (exact) mass is 202 g/mol. The molecule has 0 aromatic carbocycles. The summed E-state index contributed by atoms with van der Waals surface area (Å²) in [6, 6.07) is 0. The smallest absolute Gasteiger partial charge is 0.131 e. The van der Waals surface area contributed by atoms with Gasteiger partial charge in [0.15, 0.2) is 0 Å². The van der Waals surface area contributed by atoms with Crippen molar-refractivity contribution in [1.82, 2.24) is 9.97 Å². The fraction of sp³-hybridized carbons (Fsp3) is 0.385. The fourth-order valence-electron chi connectivity index (χ4n) is 1.22. The van der Waals surface area contributed by atoms with Gasteiger partial charge in [0.1, 0.15) is 5.82 Å². The molecule has 0 spiro atoms. The number of rotatable bonds is 4. The average molecular weight is 202 g/mol. The Morgan fingerprint density at radius 2 is 2.20 bits per heavy atom. The molecule has 0 aliphatic carbocycles. The van der Waals surface area contributed by atoms with E-state index in [-0.39, 0.29) is 0 Å². The highest BCUT2D eigenvalue weighted by atomic mass is 14.9. The standard InChI is InChI=1S/C13H18N2/c1-5-7-8-12-11(6-2)9-14-13(15-12)10(3)4/h6-10H,2,5H2,1,3-4H3. The van der Waals surface area contributed by atoms with E-state index in [1.165, 1.54) is 0 Å². The topological polar surface area (TPSA) is 25.8 Å². The van der Waals surface area contributed by atoms with E-state index in [0.717, 1.165) is 23.5 Å². The van der Waals surface area contributed by atoms with Gasteiger partial charge in [-0.1, -0.05) is 39.5 Å². The summed E-state index contributed by atoms with van der Waals surface area (Å²) in [4.78, 5) is 8.81. The van der Waals surface area contributed by atoms with Gasteiger partial charge < -0.3 is 0 Å². The number of nitrogens with zero attached hydrogens (tertiary/aromatic N) is 2. The van der Waals surface area contributed by atoms with Gasteiger partial charge in [-0.25, -0.2) is 9.97 Å². The molecule has 2 nitrogen and oxygen atoms in total. The minimum absolute atomic E-state index is 0.359. The van der Waals surface area contributed by atoms with Crippen LogP contribution in [0.5, 0.6) is 0 Å². The Labute approximate surface area is 91.8 Å². The Hall–Kier alpha value is -1.44. The second kappa shape index (κ2) is 5.44. The van der Waals surface area contributed by atoms with Crippen LogP contribution >= 0.6 is 0 Å². The van der Waals surface area contributed by atoms with Crippen LogP contribution in [0.15, 0.2) is 18.9 Å². The molecule has 0 fully saturated rings. The Bertz CT molecular complexity index is 365. The molecule has 1 heterocycles. The van der Waals surface area contributed by atoms with Crippen molar-refractivity contribution in [3.63, 3.8) is 0 Å². The molecule has 15 heavy (non-hydrogen) atoms. The highest BCUT2D eigenvalue weighted by Crippen LogP contribution is 2.14. The highest BCUT2D eigenvalue weighted by Gasteiger charge is 2.05. The first-order valence-corrected chi connectivity index (χ1v) is 5.35. The Balaban J connectivity index is 3.13. The maximum atomic E-state index is 4.51. The molecule has 2 heteroatoms. The van der Waals surface area contributed by atoms with Crippen LogP contribution in [0.1, 0.15) is 50.2 Å². The third-order valence-corrected chi connectivity index (χ3v) is 2.11. The van der Waals surface area contributed by atoms with Gasteiger partial charge in [-0.05, 0) is 12.5 Å². The maximum absolute atomic E-state index is 4.51. The molecule has 0 radical (unpaired) electrons. The lowest BCUT2D eigenvalue weighted by atomic mass is 10.1. The fourth-order valence-corrected chi connectivity index (χ4v) is 1.22. The summed E-state index contributed by atoms with van der Waals surface area (Å²) in [5, 5.41) is 0. The number of allylic oxidation sites excluding steroid dienone is 1. The first-order chi connectivity index (χ1) is 7.19. The zero-order valence-corrected chi connectivity index (χ0v) is 9.70. The van der Waals surface area contributed by atoms with Gasteiger partial charge in [0, 0.05) is 17.7 Å². The second-order valence-electron chi connectivity index (χ2n) is 3.74. The largest absolute Gasteiger partial charge is 0.240 e. The van der Waals surface area contributed by atoms with Crippen molar-refractivity contribution in [2.75, 3.05) is 0 Å². The van der Waals surface area contributed by atoms with Gasteiger partial charge >= 0.3 is 0 Å². The summed E-state index contributed by atoms with van der Waals surface area (Å²) in [5.74, 6) is 1.24. The second-order valence-corrected chi connectivity index (χ2v) is 3.74. The molecule has 0 atom stereocenters. The molecule has 80 valence electrons. The van der Waals surface area contributed by atoms with Gasteiger partial charge in [-0.15, -0.1) is 0 Å². The molecule has 0 unspecified atom stereocenters. The summed E-state index contributed by atoms with van der Waals surface area (Å²) in [7, 11) is 0. The van der Waals surface area contributed by atoms with E-state index in [2.05, 4.69) is 43.4 Å². The van der Waals surface area contributed by atoms with Gasteiger partial charge in [0.2, 0.25) is 0 Å². The molecule has 1 rings (SSSR count). The minimum atomic E-state index is 0.359. The lowest BCUT2D eigenvalue weighted by Gasteiger charge is -2.06. The Morgan fingerprint density at radius 3 is 2.73 bits per heavy atom. The van der Waals surface area contributed by atoms with Crippen LogP contribution in [-0.2, 0) is 0 Å². The third kappa shape index (κ3) is 3.01. The minimum Gasteiger partial charge on any atom is -0.240 e. The van der Waals surface area contributed by atoms with Crippen LogP contribution in [0.3, 0.4) is 0 Å². The molecule has 0 saturated heterocycles. The maximum Gasteiger partial charge on any atom is 0.131 e. The molecule has 1 aromatic rings. The van der Waals surface area contributed by atoms with E-state index >= 15 is 0 Å². The van der Waals surface area contributed by atoms with Crippen molar-refractivity contribution < 1.29 is 0 Å². The molecular formula is C13H18N2. The zero-order valence-electron chi connectivity index (χ0n) is 9.70. The van der Waals surface area contributed by atoms with E-state index in [4.69, 9.17) is 0 Å². The van der Waals surface area contributed by atoms with E-state index in [1.54, 1.807) is 6.08 Å². The first kappa shape index (κ1) is 11.6. The highest BCUT2D eigenvalue weighted by molar-refractivity contribution is 5.60. The summed E-state index contributed by atoms with van der Waals surface area (Å²) in [6.07, 6.45) is 8.77. The van der Waals surface area contributed by atoms with E-state index in [0.29, 0.717) is 5.92 Å². The number of hydrogen-bond acceptors (Lipinski definition) is 2. The van der Waals surface area contributed by atoms with Gasteiger partial charge in [-0.2, -0.15) is 0 Å². The number of aromatic nitrogens is 2. The first-order valence-electron chi connectivity index (χ1n) is 5.35. The molecule has 1 aromatic heterocycles. The molecule has 0 amide bonds. The van der Waals surface area contributed by atoms with Crippen LogP contribution in [0.4, 0.5) is 0 Å². The normalized spacial score (nSPS) is 11.2. The molecular weight excluding hydrogens is 184 g/mol. The summed E-state index contributed by atoms with van der Waals surface area (Å²) < 4.78 is 0. The molecule has 0 saturated carbocycles. The van der Waals surface area contributed by atoms with Crippen LogP contribution in [0, 0.1) is 0 Å². The van der Waals surface area contributed by atoms with Crippen molar-refractivity contribution in [2.45, 2.75) is 33.1 Å².